The number of carboxylic acid groups (broad SMARTS) is 1. The van der Waals surface area contributed by atoms with E-state index in [1.807, 2.05) is 19.9 Å². The number of H-pyrrole nitrogens is 1. The number of nitrogens with zero attached hydrogens (tertiary/aromatic N) is 2. The van der Waals surface area contributed by atoms with Crippen LogP contribution in [0.25, 0.3) is 0 Å². The summed E-state index contributed by atoms with van der Waals surface area (Å²) in [6, 6.07) is 4.08. The molecule has 1 aliphatic rings. The van der Waals surface area contributed by atoms with Crippen LogP contribution in [-0.4, -0.2) is 86.3 Å². The van der Waals surface area contributed by atoms with Crippen molar-refractivity contribution in [1.29, 1.82) is 0 Å². The van der Waals surface area contributed by atoms with E-state index in [9.17, 15) is 29.1 Å². The Labute approximate surface area is 245 Å². The van der Waals surface area contributed by atoms with Gasteiger partial charge in [0, 0.05) is 31.3 Å². The van der Waals surface area contributed by atoms with Crippen molar-refractivity contribution in [2.24, 2.45) is 11.7 Å². The van der Waals surface area contributed by atoms with Gasteiger partial charge in [0.25, 0.3) is 0 Å². The molecule has 0 aliphatic carbocycles. The third kappa shape index (κ3) is 8.62. The van der Waals surface area contributed by atoms with Crippen LogP contribution in [0.5, 0.6) is 0 Å². The predicted molar refractivity (Wildman–Crippen MR) is 154 cm³/mol. The van der Waals surface area contributed by atoms with Gasteiger partial charge in [-0.1, -0.05) is 50.6 Å². The van der Waals surface area contributed by atoms with Gasteiger partial charge in [0.2, 0.25) is 23.6 Å². The summed E-state index contributed by atoms with van der Waals surface area (Å²) >= 11 is 0. The van der Waals surface area contributed by atoms with E-state index in [1.54, 1.807) is 30.5 Å². The molecular weight excluding hydrogens is 542 g/mol. The van der Waals surface area contributed by atoms with Crippen molar-refractivity contribution in [3.8, 4) is 0 Å². The smallest absolute Gasteiger partial charge is 0.325 e. The lowest BCUT2D eigenvalue weighted by molar-refractivity contribution is -0.143. The first kappa shape index (κ1) is 32.3. The third-order valence-electron chi connectivity index (χ3n) is 7.64. The second-order valence-corrected chi connectivity index (χ2v) is 10.8. The molecule has 6 atom stereocenters. The monoisotopic (exact) mass is 583 g/mol. The van der Waals surface area contributed by atoms with Crippen molar-refractivity contribution in [3.63, 3.8) is 0 Å². The summed E-state index contributed by atoms with van der Waals surface area (Å²) in [4.78, 5) is 73.0. The second-order valence-electron chi connectivity index (χ2n) is 10.8. The van der Waals surface area contributed by atoms with Gasteiger partial charge in [0.15, 0.2) is 0 Å². The topological polar surface area (TPSA) is 200 Å². The Morgan fingerprint density at radius 3 is 2.38 bits per heavy atom. The van der Waals surface area contributed by atoms with Crippen LogP contribution in [0.1, 0.15) is 51.3 Å². The Morgan fingerprint density at radius 1 is 1.05 bits per heavy atom. The molecule has 1 fully saturated rings. The normalized spacial score (nSPS) is 18.3. The van der Waals surface area contributed by atoms with Crippen LogP contribution < -0.4 is 21.7 Å². The summed E-state index contributed by atoms with van der Waals surface area (Å²) in [5.74, 6) is -3.41. The molecule has 13 heteroatoms. The summed E-state index contributed by atoms with van der Waals surface area (Å²) in [5.41, 5.74) is 7.51. The minimum absolute atomic E-state index is 0.102. The zero-order valence-electron chi connectivity index (χ0n) is 24.2. The zero-order valence-corrected chi connectivity index (χ0v) is 24.2. The van der Waals surface area contributed by atoms with E-state index in [0.717, 1.165) is 5.56 Å². The highest BCUT2D eigenvalue weighted by Crippen LogP contribution is 2.20. The number of amides is 4. The number of carbonyl (C=O) groups is 5. The first-order valence-electron chi connectivity index (χ1n) is 14.2. The van der Waals surface area contributed by atoms with Crippen LogP contribution in [0.4, 0.5) is 0 Å². The second kappa shape index (κ2) is 15.1. The number of likely N-dealkylation sites (tertiary alicyclic amines) is 1. The van der Waals surface area contributed by atoms with Gasteiger partial charge < -0.3 is 36.7 Å². The van der Waals surface area contributed by atoms with Gasteiger partial charge in [-0.15, -0.1) is 0 Å². The highest BCUT2D eigenvalue weighted by Gasteiger charge is 2.39. The lowest BCUT2D eigenvalue weighted by Crippen LogP contribution is -2.59. The number of hydrogen-bond acceptors (Lipinski definition) is 7. The summed E-state index contributed by atoms with van der Waals surface area (Å²) in [5, 5.41) is 17.2. The molecule has 1 aromatic heterocycles. The molecule has 1 aliphatic heterocycles. The van der Waals surface area contributed by atoms with E-state index >= 15 is 0 Å². The van der Waals surface area contributed by atoms with E-state index in [0.29, 0.717) is 25.0 Å². The minimum Gasteiger partial charge on any atom is -0.480 e. The van der Waals surface area contributed by atoms with Crippen molar-refractivity contribution in [2.45, 2.75) is 83.1 Å². The fourth-order valence-electron chi connectivity index (χ4n) is 4.80. The average molecular weight is 584 g/mol. The van der Waals surface area contributed by atoms with E-state index in [-0.39, 0.29) is 25.3 Å². The molecule has 7 N–H and O–H groups in total. The number of carbonyl (C=O) groups excluding carboxylic acids is 4. The number of aromatic nitrogens is 2. The lowest BCUT2D eigenvalue weighted by Gasteiger charge is -2.30. The maximum Gasteiger partial charge on any atom is 0.325 e. The van der Waals surface area contributed by atoms with Crippen LogP contribution in [0.2, 0.25) is 0 Å². The number of aromatic amines is 1. The minimum atomic E-state index is -1.21. The molecule has 1 saturated heterocycles. The number of carboxylic acids is 1. The van der Waals surface area contributed by atoms with Crippen molar-refractivity contribution in [3.05, 3.63) is 54.1 Å². The molecule has 0 radical (unpaired) electrons. The number of rotatable bonds is 14. The summed E-state index contributed by atoms with van der Waals surface area (Å²) in [6.45, 7) is 5.40. The molecule has 2 aromatic rings. The first-order chi connectivity index (χ1) is 20.0. The average Bonchev–Trinajstić information content (AvgIpc) is 3.68. The van der Waals surface area contributed by atoms with Crippen molar-refractivity contribution >= 4 is 29.6 Å². The van der Waals surface area contributed by atoms with Crippen LogP contribution in [0, 0.1) is 5.92 Å². The van der Waals surface area contributed by atoms with Gasteiger partial charge in [-0.25, -0.2) is 4.98 Å². The number of imidazole rings is 1. The zero-order chi connectivity index (χ0) is 30.8. The van der Waals surface area contributed by atoms with Gasteiger partial charge >= 0.3 is 5.97 Å². The van der Waals surface area contributed by atoms with E-state index in [4.69, 9.17) is 5.73 Å². The first-order valence-corrected chi connectivity index (χ1v) is 14.2. The predicted octanol–water partition coefficient (Wildman–Crippen LogP) is 0.118. The highest BCUT2D eigenvalue weighted by atomic mass is 16.4. The Balaban J connectivity index is 1.79. The number of hydrogen-bond donors (Lipinski definition) is 6. The fraction of sp³-hybridized carbons (Fsp3) is 0.517. The van der Waals surface area contributed by atoms with Gasteiger partial charge in [-0.2, -0.15) is 0 Å². The fourth-order valence-corrected chi connectivity index (χ4v) is 4.80. The summed E-state index contributed by atoms with van der Waals surface area (Å²) in [6.07, 6.45) is 4.86. The molecule has 0 spiro atoms. The maximum atomic E-state index is 13.8. The number of aliphatic carboxylic acids is 1. The standard InChI is InChI=1S/C29H41N7O6/c1-4-17(2)24(30)27(39)35-22(14-20-15-31-16-32-20)28(40)36-12-8-11-23(36)26(38)34-21(13-19-9-6-5-7-10-19)25(37)33-18(3)29(41)42/h5-7,9-10,15-18,21-24H,4,8,11-14,30H2,1-3H3,(H,31,32)(H,33,37)(H,34,38)(H,35,39)(H,41,42)/t17-,18+,21-,22-,23-,24-/m0/s1. The maximum absolute atomic E-state index is 13.8. The SMILES string of the molecule is CC[C@H](C)[C@H](N)C(=O)N[C@@H](Cc1cnc[nH]1)C(=O)N1CCC[C@H]1C(=O)N[C@@H](Cc1ccccc1)C(=O)N[C@H](C)C(=O)O. The van der Waals surface area contributed by atoms with Gasteiger partial charge in [-0.3, -0.25) is 24.0 Å². The molecule has 228 valence electrons. The quantitative estimate of drug-likeness (QED) is 0.180. The van der Waals surface area contributed by atoms with Gasteiger partial charge in [0.05, 0.1) is 12.4 Å². The largest absolute Gasteiger partial charge is 0.480 e. The summed E-state index contributed by atoms with van der Waals surface area (Å²) in [7, 11) is 0. The molecule has 42 heavy (non-hydrogen) atoms. The Kier molecular flexibility index (Phi) is 11.6. The number of benzene rings is 1. The van der Waals surface area contributed by atoms with Gasteiger partial charge in [0.1, 0.15) is 24.2 Å². The van der Waals surface area contributed by atoms with Crippen molar-refractivity contribution < 1.29 is 29.1 Å². The van der Waals surface area contributed by atoms with E-state index in [2.05, 4.69) is 25.9 Å². The van der Waals surface area contributed by atoms with Crippen molar-refractivity contribution in [1.82, 2.24) is 30.8 Å². The van der Waals surface area contributed by atoms with Crippen LogP contribution in [-0.2, 0) is 36.8 Å². The molecule has 0 bridgehead atoms. The molecule has 1 aromatic carbocycles. The molecule has 2 heterocycles. The van der Waals surface area contributed by atoms with Crippen LogP contribution in [0.15, 0.2) is 42.9 Å². The van der Waals surface area contributed by atoms with E-state index < -0.39 is 59.8 Å². The molecule has 0 unspecified atom stereocenters. The van der Waals surface area contributed by atoms with Crippen LogP contribution in [0.3, 0.4) is 0 Å². The highest BCUT2D eigenvalue weighted by molar-refractivity contribution is 5.96. The molecule has 3 rings (SSSR count). The molecule has 4 amide bonds. The lowest BCUT2D eigenvalue weighted by atomic mass is 9.98. The summed E-state index contributed by atoms with van der Waals surface area (Å²) < 4.78 is 0. The Morgan fingerprint density at radius 2 is 1.76 bits per heavy atom. The van der Waals surface area contributed by atoms with Crippen LogP contribution >= 0.6 is 0 Å². The Bertz CT molecular complexity index is 1220. The number of nitrogens with one attached hydrogen (secondary N) is 4. The van der Waals surface area contributed by atoms with Crippen molar-refractivity contribution in [2.75, 3.05) is 6.54 Å². The number of nitrogens with two attached hydrogens (primary N) is 1. The molecular formula is C29H41N7O6. The van der Waals surface area contributed by atoms with Gasteiger partial charge in [-0.05, 0) is 31.2 Å². The Hall–Kier alpha value is -4.26. The third-order valence-corrected chi connectivity index (χ3v) is 7.64. The molecule has 13 nitrogen and oxygen atoms in total. The molecule has 0 saturated carbocycles. The van der Waals surface area contributed by atoms with E-state index in [1.165, 1.54) is 18.2 Å².